The third-order valence-corrected chi connectivity index (χ3v) is 2.67. The summed E-state index contributed by atoms with van der Waals surface area (Å²) in [6.45, 7) is 2.12. The van der Waals surface area contributed by atoms with Crippen LogP contribution in [0.5, 0.6) is 0 Å². The van der Waals surface area contributed by atoms with E-state index in [9.17, 15) is 9.59 Å². The van der Waals surface area contributed by atoms with E-state index in [1.165, 1.54) is 18.5 Å². The van der Waals surface area contributed by atoms with E-state index in [0.717, 1.165) is 11.3 Å². The van der Waals surface area contributed by atoms with Gasteiger partial charge in [-0.05, 0) is 30.7 Å². The summed E-state index contributed by atoms with van der Waals surface area (Å²) in [7, 11) is 0. The van der Waals surface area contributed by atoms with Gasteiger partial charge in [0.15, 0.2) is 0 Å². The number of nitrogens with one attached hydrogen (secondary N) is 1. The largest absolute Gasteiger partial charge is 0.477 e. The van der Waals surface area contributed by atoms with E-state index >= 15 is 0 Å². The zero-order valence-corrected chi connectivity index (χ0v) is 10.8. The molecule has 0 atom stereocenters. The second-order valence-corrected chi connectivity index (χ2v) is 4.23. The molecule has 0 saturated heterocycles. The zero-order chi connectivity index (χ0) is 14.5. The fraction of sp³-hybridized carbons (Fsp3) is 0.143. The van der Waals surface area contributed by atoms with Crippen molar-refractivity contribution in [3.8, 4) is 0 Å². The molecular weight excluding hydrogens is 258 g/mol. The molecule has 0 unspecified atom stereocenters. The molecule has 0 aliphatic carbocycles. The molecule has 0 fully saturated rings. The van der Waals surface area contributed by atoms with Gasteiger partial charge in [0, 0.05) is 24.6 Å². The van der Waals surface area contributed by atoms with Crippen molar-refractivity contribution >= 4 is 11.9 Å². The Bertz CT molecular complexity index is 621. The van der Waals surface area contributed by atoms with Crippen molar-refractivity contribution in [3.63, 3.8) is 0 Å². The first-order chi connectivity index (χ1) is 9.56. The molecule has 0 aliphatic rings. The number of nitrogens with zero attached hydrogens (tertiary/aromatic N) is 2. The lowest BCUT2D eigenvalue weighted by atomic mass is 10.2. The number of amides is 1. The van der Waals surface area contributed by atoms with Crippen LogP contribution in [-0.2, 0) is 6.54 Å². The van der Waals surface area contributed by atoms with E-state index < -0.39 is 5.97 Å². The van der Waals surface area contributed by atoms with Gasteiger partial charge in [-0.25, -0.2) is 9.78 Å². The topological polar surface area (TPSA) is 92.2 Å². The van der Waals surface area contributed by atoms with Gasteiger partial charge in [-0.1, -0.05) is 6.07 Å². The fourth-order valence-electron chi connectivity index (χ4n) is 1.54. The summed E-state index contributed by atoms with van der Waals surface area (Å²) in [5.41, 5.74) is 2.02. The quantitative estimate of drug-likeness (QED) is 0.877. The summed E-state index contributed by atoms with van der Waals surface area (Å²) in [5, 5.41) is 11.4. The standard InChI is InChI=1S/C14H13N3O3/c1-9-2-4-11(8-15-9)13(18)17-7-10-3-5-12(14(19)20)16-6-10/h2-6,8H,7H2,1H3,(H,17,18)(H,19,20). The molecule has 102 valence electrons. The van der Waals surface area contributed by atoms with Gasteiger partial charge >= 0.3 is 5.97 Å². The van der Waals surface area contributed by atoms with Crippen LogP contribution in [0.15, 0.2) is 36.7 Å². The molecule has 20 heavy (non-hydrogen) atoms. The minimum atomic E-state index is -1.08. The highest BCUT2D eigenvalue weighted by molar-refractivity contribution is 5.93. The summed E-state index contributed by atoms with van der Waals surface area (Å²) in [5.74, 6) is -1.31. The average molecular weight is 271 g/mol. The van der Waals surface area contributed by atoms with Gasteiger partial charge in [-0.3, -0.25) is 9.78 Å². The number of hydrogen-bond donors (Lipinski definition) is 2. The first-order valence-corrected chi connectivity index (χ1v) is 5.95. The molecule has 0 radical (unpaired) electrons. The average Bonchev–Trinajstić information content (AvgIpc) is 2.46. The Labute approximate surface area is 115 Å². The van der Waals surface area contributed by atoms with Crippen molar-refractivity contribution < 1.29 is 14.7 Å². The van der Waals surface area contributed by atoms with Crippen LogP contribution in [0.4, 0.5) is 0 Å². The lowest BCUT2D eigenvalue weighted by Crippen LogP contribution is -2.23. The fourth-order valence-corrected chi connectivity index (χ4v) is 1.54. The van der Waals surface area contributed by atoms with Gasteiger partial charge in [0.25, 0.3) is 5.91 Å². The van der Waals surface area contributed by atoms with E-state index in [2.05, 4.69) is 15.3 Å². The van der Waals surface area contributed by atoms with Gasteiger partial charge in [-0.2, -0.15) is 0 Å². The van der Waals surface area contributed by atoms with Crippen LogP contribution in [0.25, 0.3) is 0 Å². The van der Waals surface area contributed by atoms with E-state index in [1.54, 1.807) is 18.2 Å². The van der Waals surface area contributed by atoms with Crippen molar-refractivity contribution in [2.45, 2.75) is 13.5 Å². The molecule has 0 bridgehead atoms. The van der Waals surface area contributed by atoms with E-state index in [-0.39, 0.29) is 18.1 Å². The van der Waals surface area contributed by atoms with Crippen LogP contribution < -0.4 is 5.32 Å². The number of carboxylic acid groups (broad SMARTS) is 1. The highest BCUT2D eigenvalue weighted by Crippen LogP contribution is 2.02. The third kappa shape index (κ3) is 3.38. The lowest BCUT2D eigenvalue weighted by molar-refractivity contribution is 0.0690. The highest BCUT2D eigenvalue weighted by Gasteiger charge is 2.07. The Morgan fingerprint density at radius 1 is 1.15 bits per heavy atom. The van der Waals surface area contributed by atoms with Crippen LogP contribution in [-0.4, -0.2) is 27.0 Å². The highest BCUT2D eigenvalue weighted by atomic mass is 16.4. The second kappa shape index (κ2) is 5.92. The summed E-state index contributed by atoms with van der Waals surface area (Å²) < 4.78 is 0. The molecule has 2 aromatic heterocycles. The molecule has 2 N–H and O–H groups in total. The Hall–Kier alpha value is -2.76. The maximum absolute atomic E-state index is 11.8. The van der Waals surface area contributed by atoms with Crippen LogP contribution >= 0.6 is 0 Å². The second-order valence-electron chi connectivity index (χ2n) is 4.23. The first kappa shape index (κ1) is 13.7. The Morgan fingerprint density at radius 3 is 2.50 bits per heavy atom. The number of aromatic nitrogens is 2. The smallest absolute Gasteiger partial charge is 0.354 e. The van der Waals surface area contributed by atoms with Crippen LogP contribution in [0.1, 0.15) is 32.1 Å². The monoisotopic (exact) mass is 271 g/mol. The van der Waals surface area contributed by atoms with Gasteiger partial charge in [0.1, 0.15) is 5.69 Å². The van der Waals surface area contributed by atoms with Gasteiger partial charge < -0.3 is 10.4 Å². The van der Waals surface area contributed by atoms with Gasteiger partial charge in [0.05, 0.1) is 5.56 Å². The molecule has 0 spiro atoms. The number of aryl methyl sites for hydroxylation is 1. The zero-order valence-electron chi connectivity index (χ0n) is 10.8. The van der Waals surface area contributed by atoms with E-state index in [1.807, 2.05) is 6.92 Å². The van der Waals surface area contributed by atoms with Crippen molar-refractivity contribution in [1.29, 1.82) is 0 Å². The first-order valence-electron chi connectivity index (χ1n) is 5.95. The molecule has 6 nitrogen and oxygen atoms in total. The van der Waals surface area contributed by atoms with Gasteiger partial charge in [-0.15, -0.1) is 0 Å². The maximum atomic E-state index is 11.8. The van der Waals surface area contributed by atoms with Gasteiger partial charge in [0.2, 0.25) is 0 Å². The molecule has 2 aromatic rings. The molecule has 1 amide bonds. The Balaban J connectivity index is 1.96. The molecule has 2 heterocycles. The Kier molecular flexibility index (Phi) is 4.05. The SMILES string of the molecule is Cc1ccc(C(=O)NCc2ccc(C(=O)O)nc2)cn1. The van der Waals surface area contributed by atoms with Crippen LogP contribution in [0.3, 0.4) is 0 Å². The van der Waals surface area contributed by atoms with Crippen molar-refractivity contribution in [2.75, 3.05) is 0 Å². The molecule has 2 rings (SSSR count). The van der Waals surface area contributed by atoms with E-state index in [4.69, 9.17) is 5.11 Å². The summed E-state index contributed by atoms with van der Waals surface area (Å²) in [6.07, 6.45) is 2.94. The molecule has 0 saturated carbocycles. The molecule has 6 heteroatoms. The van der Waals surface area contributed by atoms with Crippen molar-refractivity contribution in [3.05, 3.63) is 59.2 Å². The number of rotatable bonds is 4. The van der Waals surface area contributed by atoms with Crippen molar-refractivity contribution in [1.82, 2.24) is 15.3 Å². The normalized spacial score (nSPS) is 10.1. The summed E-state index contributed by atoms with van der Waals surface area (Å²) in [6, 6.07) is 6.48. The van der Waals surface area contributed by atoms with Crippen LogP contribution in [0, 0.1) is 6.92 Å². The predicted octanol–water partition coefficient (Wildman–Crippen LogP) is 1.41. The molecular formula is C14H13N3O3. The molecule has 0 aliphatic heterocycles. The van der Waals surface area contributed by atoms with Crippen LogP contribution in [0.2, 0.25) is 0 Å². The Morgan fingerprint density at radius 2 is 1.95 bits per heavy atom. The number of aromatic carboxylic acids is 1. The summed E-state index contributed by atoms with van der Waals surface area (Å²) in [4.78, 5) is 30.3. The lowest BCUT2D eigenvalue weighted by Gasteiger charge is -2.05. The number of carbonyl (C=O) groups is 2. The van der Waals surface area contributed by atoms with E-state index in [0.29, 0.717) is 5.56 Å². The maximum Gasteiger partial charge on any atom is 0.354 e. The number of carboxylic acids is 1. The number of pyridine rings is 2. The minimum absolute atomic E-state index is 0.0252. The third-order valence-electron chi connectivity index (χ3n) is 2.67. The number of carbonyl (C=O) groups excluding carboxylic acids is 1. The van der Waals surface area contributed by atoms with Crippen molar-refractivity contribution in [2.24, 2.45) is 0 Å². The predicted molar refractivity (Wildman–Crippen MR) is 71.3 cm³/mol. The molecule has 0 aromatic carbocycles. The number of hydrogen-bond acceptors (Lipinski definition) is 4. The summed E-state index contributed by atoms with van der Waals surface area (Å²) >= 11 is 0. The minimum Gasteiger partial charge on any atom is -0.477 e.